The van der Waals surface area contributed by atoms with E-state index in [9.17, 15) is 8.42 Å². The van der Waals surface area contributed by atoms with Gasteiger partial charge >= 0.3 is 0 Å². The van der Waals surface area contributed by atoms with Crippen LogP contribution in [0.15, 0.2) is 47.5 Å². The predicted octanol–water partition coefficient (Wildman–Crippen LogP) is 3.78. The Balaban J connectivity index is 0.000000289. The van der Waals surface area contributed by atoms with Crippen molar-refractivity contribution in [1.29, 1.82) is 0 Å². The van der Waals surface area contributed by atoms with Gasteiger partial charge in [-0.1, -0.05) is 17.7 Å². The van der Waals surface area contributed by atoms with Crippen molar-refractivity contribution < 1.29 is 17.7 Å². The van der Waals surface area contributed by atoms with Crippen molar-refractivity contribution in [3.63, 3.8) is 0 Å². The van der Waals surface area contributed by atoms with Crippen LogP contribution >= 0.6 is 11.6 Å². The van der Waals surface area contributed by atoms with E-state index in [1.54, 1.807) is 18.3 Å². The van der Waals surface area contributed by atoms with Crippen LogP contribution in [0.4, 0.5) is 0 Å². The van der Waals surface area contributed by atoms with Gasteiger partial charge in [-0.3, -0.25) is 9.54 Å². The van der Waals surface area contributed by atoms with Crippen LogP contribution in [-0.4, -0.2) is 49.6 Å². The fourth-order valence-electron chi connectivity index (χ4n) is 1.89. The average Bonchev–Trinajstić information content (AvgIpc) is 2.62. The molecule has 0 aliphatic heterocycles. The molecule has 0 bridgehead atoms. The quantitative estimate of drug-likeness (QED) is 0.548. The van der Waals surface area contributed by atoms with Gasteiger partial charge in [0.15, 0.2) is 0 Å². The first-order valence-electron chi connectivity index (χ1n) is 8.47. The lowest BCUT2D eigenvalue weighted by Crippen LogP contribution is -2.26. The van der Waals surface area contributed by atoms with E-state index in [-0.39, 0.29) is 4.90 Å². The van der Waals surface area contributed by atoms with Crippen molar-refractivity contribution in [2.24, 2.45) is 0 Å². The van der Waals surface area contributed by atoms with Gasteiger partial charge in [0.05, 0.1) is 29.3 Å². The number of alkyl halides is 1. The van der Waals surface area contributed by atoms with Crippen molar-refractivity contribution in [1.82, 2.24) is 9.88 Å². The van der Waals surface area contributed by atoms with Crippen LogP contribution in [0.2, 0.25) is 0 Å². The van der Waals surface area contributed by atoms with Crippen LogP contribution < -0.4 is 4.74 Å². The lowest BCUT2D eigenvalue weighted by molar-refractivity contribution is 0.233. The molecule has 0 aliphatic carbocycles. The van der Waals surface area contributed by atoms with E-state index in [0.29, 0.717) is 18.5 Å². The number of hydrogen-bond acceptors (Lipinski definition) is 5. The number of halogens is 1. The van der Waals surface area contributed by atoms with Crippen molar-refractivity contribution in [2.45, 2.75) is 37.1 Å². The molecular formula is C19H27ClN2O4S. The highest BCUT2D eigenvalue weighted by Gasteiger charge is 2.07. The van der Waals surface area contributed by atoms with Crippen LogP contribution in [0.25, 0.3) is 0 Å². The molecule has 1 atom stereocenters. The van der Waals surface area contributed by atoms with E-state index in [0.717, 1.165) is 23.4 Å². The van der Waals surface area contributed by atoms with Crippen LogP contribution in [0.1, 0.15) is 24.6 Å². The highest BCUT2D eigenvalue weighted by atomic mass is 35.5. The fourth-order valence-corrected chi connectivity index (χ4v) is 2.53. The third kappa shape index (κ3) is 9.19. The van der Waals surface area contributed by atoms with Crippen LogP contribution in [0.3, 0.4) is 0 Å². The SMILES string of the molecule is CC(CCOc1ccc(CCl)nc1)N(C)C.Cc1ccc(S(=O)(=O)O)cc1. The first kappa shape index (κ1) is 23.4. The average molecular weight is 415 g/mol. The predicted molar refractivity (Wildman–Crippen MR) is 108 cm³/mol. The molecule has 0 saturated carbocycles. The normalized spacial score (nSPS) is 12.3. The van der Waals surface area contributed by atoms with Gasteiger partial charge < -0.3 is 9.64 Å². The minimum absolute atomic E-state index is 0.0666. The molecule has 2 aromatic rings. The van der Waals surface area contributed by atoms with Gasteiger partial charge in [0.2, 0.25) is 0 Å². The molecule has 0 saturated heterocycles. The lowest BCUT2D eigenvalue weighted by Gasteiger charge is -2.19. The third-order valence-corrected chi connectivity index (χ3v) is 5.08. The summed E-state index contributed by atoms with van der Waals surface area (Å²) in [7, 11) is 0.122. The Kier molecular flexibility index (Phi) is 9.73. The monoisotopic (exact) mass is 414 g/mol. The molecular weight excluding hydrogens is 388 g/mol. The zero-order valence-corrected chi connectivity index (χ0v) is 17.7. The van der Waals surface area contributed by atoms with E-state index in [1.807, 2.05) is 19.1 Å². The molecule has 27 heavy (non-hydrogen) atoms. The van der Waals surface area contributed by atoms with Crippen LogP contribution in [0.5, 0.6) is 5.75 Å². The Bertz CT molecular complexity index is 778. The number of aryl methyl sites for hydroxylation is 1. The Hall–Kier alpha value is -1.67. The molecule has 0 aliphatic rings. The number of ether oxygens (including phenoxy) is 1. The molecule has 1 heterocycles. The maximum Gasteiger partial charge on any atom is 0.294 e. The van der Waals surface area contributed by atoms with Crippen LogP contribution in [-0.2, 0) is 16.0 Å². The third-order valence-electron chi connectivity index (χ3n) is 3.94. The first-order valence-corrected chi connectivity index (χ1v) is 10.4. The van der Waals surface area contributed by atoms with Gasteiger partial charge in [-0.15, -0.1) is 11.6 Å². The summed E-state index contributed by atoms with van der Waals surface area (Å²) in [4.78, 5) is 6.27. The number of nitrogens with zero attached hydrogens (tertiary/aromatic N) is 2. The van der Waals surface area contributed by atoms with Crippen molar-refractivity contribution in [3.8, 4) is 5.75 Å². The molecule has 6 nitrogen and oxygen atoms in total. The molecule has 1 unspecified atom stereocenters. The zero-order chi connectivity index (χ0) is 20.4. The van der Waals surface area contributed by atoms with Gasteiger partial charge in [0.1, 0.15) is 5.75 Å². The van der Waals surface area contributed by atoms with E-state index >= 15 is 0 Å². The maximum atomic E-state index is 10.5. The van der Waals surface area contributed by atoms with Gasteiger partial charge in [-0.25, -0.2) is 0 Å². The second-order valence-corrected chi connectivity index (χ2v) is 8.05. The minimum atomic E-state index is -4.02. The summed E-state index contributed by atoms with van der Waals surface area (Å²) < 4.78 is 35.1. The first-order chi connectivity index (χ1) is 12.6. The van der Waals surface area contributed by atoms with E-state index in [2.05, 4.69) is 30.9 Å². The second kappa shape index (κ2) is 11.2. The molecule has 0 spiro atoms. The van der Waals surface area contributed by atoms with Crippen molar-refractivity contribution >= 4 is 21.7 Å². The van der Waals surface area contributed by atoms with E-state index < -0.39 is 10.1 Å². The van der Waals surface area contributed by atoms with Crippen molar-refractivity contribution in [2.75, 3.05) is 20.7 Å². The highest BCUT2D eigenvalue weighted by Crippen LogP contribution is 2.11. The molecule has 2 rings (SSSR count). The number of benzene rings is 1. The molecule has 1 N–H and O–H groups in total. The largest absolute Gasteiger partial charge is 0.492 e. The van der Waals surface area contributed by atoms with E-state index in [4.69, 9.17) is 20.9 Å². The van der Waals surface area contributed by atoms with Gasteiger partial charge in [-0.05, 0) is 58.6 Å². The molecule has 150 valence electrons. The second-order valence-electron chi connectivity index (χ2n) is 6.36. The number of aromatic nitrogens is 1. The Labute approximate surface area is 166 Å². The summed E-state index contributed by atoms with van der Waals surface area (Å²) in [6.07, 6.45) is 2.72. The minimum Gasteiger partial charge on any atom is -0.492 e. The molecule has 1 aromatic heterocycles. The standard InChI is InChI=1S/C12H19ClN2O.C7H8O3S/c1-10(15(2)3)6-7-16-12-5-4-11(8-13)14-9-12;1-6-2-4-7(5-3-6)11(8,9)10/h4-5,9-10H,6-8H2,1-3H3;2-5H,1H3,(H,8,9,10). The number of rotatable bonds is 7. The summed E-state index contributed by atoms with van der Waals surface area (Å²) in [5, 5.41) is 0. The summed E-state index contributed by atoms with van der Waals surface area (Å²) >= 11 is 5.65. The fraction of sp³-hybridized carbons (Fsp3) is 0.421. The van der Waals surface area contributed by atoms with Gasteiger partial charge in [0.25, 0.3) is 10.1 Å². The van der Waals surface area contributed by atoms with Crippen LogP contribution in [0, 0.1) is 6.92 Å². The zero-order valence-electron chi connectivity index (χ0n) is 16.1. The van der Waals surface area contributed by atoms with Gasteiger partial charge in [-0.2, -0.15) is 8.42 Å². The van der Waals surface area contributed by atoms with Gasteiger partial charge in [0, 0.05) is 6.04 Å². The molecule has 1 aromatic carbocycles. The van der Waals surface area contributed by atoms with Crippen molar-refractivity contribution in [3.05, 3.63) is 53.9 Å². The topological polar surface area (TPSA) is 79.7 Å². The molecule has 0 amide bonds. The summed E-state index contributed by atoms with van der Waals surface area (Å²) in [5.74, 6) is 1.25. The number of hydrogen-bond donors (Lipinski definition) is 1. The Morgan fingerprint density at radius 2 is 1.81 bits per heavy atom. The Morgan fingerprint density at radius 1 is 1.19 bits per heavy atom. The van der Waals surface area contributed by atoms with E-state index in [1.165, 1.54) is 12.1 Å². The molecule has 8 heteroatoms. The summed E-state index contributed by atoms with van der Waals surface area (Å²) in [6.45, 7) is 4.73. The molecule has 0 radical (unpaired) electrons. The Morgan fingerprint density at radius 3 is 2.26 bits per heavy atom. The number of pyridine rings is 1. The summed E-state index contributed by atoms with van der Waals surface area (Å²) in [5.41, 5.74) is 1.83. The summed E-state index contributed by atoms with van der Waals surface area (Å²) in [6, 6.07) is 10.3. The smallest absolute Gasteiger partial charge is 0.294 e. The molecule has 0 fully saturated rings. The maximum absolute atomic E-state index is 10.5. The highest BCUT2D eigenvalue weighted by molar-refractivity contribution is 7.85. The lowest BCUT2D eigenvalue weighted by atomic mass is 10.2.